The van der Waals surface area contributed by atoms with Gasteiger partial charge in [0.05, 0.1) is 11.1 Å². The number of rotatable bonds is 4. The van der Waals surface area contributed by atoms with Crippen molar-refractivity contribution < 1.29 is 4.79 Å². The second-order valence-electron chi connectivity index (χ2n) is 7.63. The molecule has 1 fully saturated rings. The van der Waals surface area contributed by atoms with Crippen LogP contribution in [0, 0.1) is 0 Å². The summed E-state index contributed by atoms with van der Waals surface area (Å²) >= 11 is 0. The Morgan fingerprint density at radius 3 is 2.56 bits per heavy atom. The zero-order valence-corrected chi connectivity index (χ0v) is 15.4. The number of nitrogens with zero attached hydrogens (tertiary/aromatic N) is 1. The third-order valence-electron chi connectivity index (χ3n) is 5.56. The van der Waals surface area contributed by atoms with E-state index in [0.717, 1.165) is 48.7 Å². The molecule has 1 heterocycles. The minimum absolute atomic E-state index is 0.0365. The van der Waals surface area contributed by atoms with E-state index in [1.165, 1.54) is 12.0 Å². The van der Waals surface area contributed by atoms with Crippen LogP contribution in [0.15, 0.2) is 60.8 Å². The maximum Gasteiger partial charge on any atom is 0.253 e. The first-order chi connectivity index (χ1) is 13.1. The number of hydrogen-bond acceptors (Lipinski definition) is 3. The monoisotopic (exact) mass is 359 g/mol. The summed E-state index contributed by atoms with van der Waals surface area (Å²) in [6.45, 7) is 0. The number of para-hydroxylation sites is 1. The summed E-state index contributed by atoms with van der Waals surface area (Å²) < 4.78 is 0. The molecule has 0 saturated heterocycles. The molecule has 0 bridgehead atoms. The van der Waals surface area contributed by atoms with Gasteiger partial charge in [0.15, 0.2) is 0 Å². The Balaban J connectivity index is 1.58. The van der Waals surface area contributed by atoms with E-state index >= 15 is 0 Å². The molecular weight excluding hydrogens is 334 g/mol. The summed E-state index contributed by atoms with van der Waals surface area (Å²) in [6.07, 6.45) is 8.04. The molecule has 138 valence electrons. The quantitative estimate of drug-likeness (QED) is 0.674. The standard InChI is InChI=1S/C23H25N3O/c24-20-10-8-17(9-11-20)15-23(12-4-1-5-13-23)26-22(27)19-14-18-6-2-3-7-21(18)25-16-19/h2-3,6-11,14,16H,1,4-5,12-13,15,24H2,(H,26,27). The lowest BCUT2D eigenvalue weighted by molar-refractivity contribution is 0.0868. The van der Waals surface area contributed by atoms with Crippen LogP contribution < -0.4 is 11.1 Å². The number of carbonyl (C=O) groups excluding carboxylic acids is 1. The zero-order chi connectivity index (χ0) is 18.7. The molecule has 27 heavy (non-hydrogen) atoms. The topological polar surface area (TPSA) is 68.0 Å². The maximum atomic E-state index is 13.0. The van der Waals surface area contributed by atoms with Crippen LogP contribution in [-0.4, -0.2) is 16.4 Å². The minimum Gasteiger partial charge on any atom is -0.399 e. The number of fused-ring (bicyclic) bond motifs is 1. The van der Waals surface area contributed by atoms with Gasteiger partial charge in [-0.3, -0.25) is 9.78 Å². The lowest BCUT2D eigenvalue weighted by Gasteiger charge is -2.38. The Hall–Kier alpha value is -2.88. The molecule has 1 amide bonds. The number of carbonyl (C=O) groups is 1. The number of nitrogens with one attached hydrogen (secondary N) is 1. The largest absolute Gasteiger partial charge is 0.399 e. The number of pyridine rings is 1. The van der Waals surface area contributed by atoms with Gasteiger partial charge in [0, 0.05) is 22.8 Å². The van der Waals surface area contributed by atoms with Crippen molar-refractivity contribution in [2.24, 2.45) is 0 Å². The van der Waals surface area contributed by atoms with Gasteiger partial charge in [0.25, 0.3) is 5.91 Å². The molecule has 0 atom stereocenters. The van der Waals surface area contributed by atoms with Crippen LogP contribution in [0.5, 0.6) is 0 Å². The van der Waals surface area contributed by atoms with Crippen molar-refractivity contribution in [3.05, 3.63) is 71.9 Å². The summed E-state index contributed by atoms with van der Waals surface area (Å²) in [7, 11) is 0. The van der Waals surface area contributed by atoms with E-state index in [9.17, 15) is 4.79 Å². The highest BCUT2D eigenvalue weighted by Gasteiger charge is 2.34. The molecule has 0 aliphatic heterocycles. The van der Waals surface area contributed by atoms with Crippen LogP contribution in [0.3, 0.4) is 0 Å². The van der Waals surface area contributed by atoms with Crippen LogP contribution >= 0.6 is 0 Å². The third-order valence-corrected chi connectivity index (χ3v) is 5.56. The molecular formula is C23H25N3O. The Kier molecular flexibility index (Phi) is 4.80. The predicted octanol–water partition coefficient (Wildman–Crippen LogP) is 4.49. The van der Waals surface area contributed by atoms with Gasteiger partial charge in [-0.25, -0.2) is 0 Å². The molecule has 0 radical (unpaired) electrons. The summed E-state index contributed by atoms with van der Waals surface area (Å²) in [4.78, 5) is 17.5. The van der Waals surface area contributed by atoms with Crippen LogP contribution in [0.4, 0.5) is 5.69 Å². The number of anilines is 1. The third kappa shape index (κ3) is 3.95. The van der Waals surface area contributed by atoms with Gasteiger partial charge in [-0.2, -0.15) is 0 Å². The average Bonchev–Trinajstić information content (AvgIpc) is 2.70. The first-order valence-electron chi connectivity index (χ1n) is 9.65. The number of hydrogen-bond donors (Lipinski definition) is 2. The molecule has 3 N–H and O–H groups in total. The maximum absolute atomic E-state index is 13.0. The zero-order valence-electron chi connectivity index (χ0n) is 15.4. The highest BCUT2D eigenvalue weighted by molar-refractivity contribution is 5.97. The lowest BCUT2D eigenvalue weighted by Crippen LogP contribution is -2.51. The van der Waals surface area contributed by atoms with Crippen LogP contribution in [0.25, 0.3) is 10.9 Å². The molecule has 1 aliphatic carbocycles. The SMILES string of the molecule is Nc1ccc(CC2(NC(=O)c3cnc4ccccc4c3)CCCCC2)cc1. The number of aromatic nitrogens is 1. The highest BCUT2D eigenvalue weighted by Crippen LogP contribution is 2.32. The second kappa shape index (κ2) is 7.39. The number of benzene rings is 2. The predicted molar refractivity (Wildman–Crippen MR) is 110 cm³/mol. The second-order valence-corrected chi connectivity index (χ2v) is 7.63. The van der Waals surface area contributed by atoms with Crippen molar-refractivity contribution in [1.29, 1.82) is 0 Å². The van der Waals surface area contributed by atoms with Crippen molar-refractivity contribution in [2.75, 3.05) is 5.73 Å². The van der Waals surface area contributed by atoms with E-state index in [1.54, 1.807) is 6.20 Å². The van der Waals surface area contributed by atoms with Crippen molar-refractivity contribution in [3.8, 4) is 0 Å². The Morgan fingerprint density at radius 2 is 1.78 bits per heavy atom. The van der Waals surface area contributed by atoms with Gasteiger partial charge in [-0.15, -0.1) is 0 Å². The smallest absolute Gasteiger partial charge is 0.253 e. The van der Waals surface area contributed by atoms with Crippen molar-refractivity contribution >= 4 is 22.5 Å². The van der Waals surface area contributed by atoms with Crippen molar-refractivity contribution in [3.63, 3.8) is 0 Å². The fourth-order valence-corrected chi connectivity index (χ4v) is 4.11. The van der Waals surface area contributed by atoms with Gasteiger partial charge >= 0.3 is 0 Å². The first kappa shape index (κ1) is 17.5. The number of nitrogens with two attached hydrogens (primary N) is 1. The molecule has 4 nitrogen and oxygen atoms in total. The van der Waals surface area contributed by atoms with Gasteiger partial charge in [0.2, 0.25) is 0 Å². The van der Waals surface area contributed by atoms with Gasteiger partial charge in [-0.05, 0) is 49.1 Å². The van der Waals surface area contributed by atoms with E-state index in [0.29, 0.717) is 5.56 Å². The lowest BCUT2D eigenvalue weighted by atomic mass is 9.77. The first-order valence-corrected chi connectivity index (χ1v) is 9.65. The van der Waals surface area contributed by atoms with Gasteiger partial charge in [-0.1, -0.05) is 49.6 Å². The molecule has 1 aromatic heterocycles. The molecule has 1 saturated carbocycles. The van der Waals surface area contributed by atoms with Crippen LogP contribution in [0.1, 0.15) is 48.0 Å². The molecule has 4 heteroatoms. The van der Waals surface area contributed by atoms with E-state index in [2.05, 4.69) is 22.4 Å². The van der Waals surface area contributed by atoms with E-state index < -0.39 is 0 Å². The summed E-state index contributed by atoms with van der Waals surface area (Å²) in [5.41, 5.74) is 9.13. The highest BCUT2D eigenvalue weighted by atomic mass is 16.1. The Labute approximate surface area is 159 Å². The molecule has 0 unspecified atom stereocenters. The average molecular weight is 359 g/mol. The summed E-state index contributed by atoms with van der Waals surface area (Å²) in [6, 6.07) is 17.8. The fourth-order valence-electron chi connectivity index (χ4n) is 4.11. The molecule has 1 aliphatic rings. The number of nitrogen functional groups attached to an aromatic ring is 1. The van der Waals surface area contributed by atoms with Gasteiger partial charge < -0.3 is 11.1 Å². The van der Waals surface area contributed by atoms with E-state index in [1.807, 2.05) is 42.5 Å². The Morgan fingerprint density at radius 1 is 1.04 bits per heavy atom. The summed E-state index contributed by atoms with van der Waals surface area (Å²) in [5, 5.41) is 4.35. The molecule has 4 rings (SSSR count). The minimum atomic E-state index is -0.197. The van der Waals surface area contributed by atoms with Crippen LogP contribution in [-0.2, 0) is 6.42 Å². The number of amides is 1. The fraction of sp³-hybridized carbons (Fsp3) is 0.304. The molecule has 3 aromatic rings. The van der Waals surface area contributed by atoms with E-state index in [4.69, 9.17) is 5.73 Å². The van der Waals surface area contributed by atoms with Crippen LogP contribution in [0.2, 0.25) is 0 Å². The molecule has 2 aromatic carbocycles. The normalized spacial score (nSPS) is 16.1. The molecule has 0 spiro atoms. The van der Waals surface area contributed by atoms with E-state index in [-0.39, 0.29) is 11.4 Å². The van der Waals surface area contributed by atoms with Crippen molar-refractivity contribution in [2.45, 2.75) is 44.1 Å². The Bertz CT molecular complexity index is 943. The summed E-state index contributed by atoms with van der Waals surface area (Å²) in [5.74, 6) is -0.0365. The van der Waals surface area contributed by atoms with Gasteiger partial charge in [0.1, 0.15) is 0 Å². The van der Waals surface area contributed by atoms with Crippen molar-refractivity contribution in [1.82, 2.24) is 10.3 Å².